The van der Waals surface area contributed by atoms with E-state index in [2.05, 4.69) is 20.8 Å². The van der Waals surface area contributed by atoms with Gasteiger partial charge in [-0.2, -0.15) is 4.68 Å². The molecule has 0 bridgehead atoms. The minimum Gasteiger partial charge on any atom is -0.325 e. The maximum atomic E-state index is 13.4. The van der Waals surface area contributed by atoms with Crippen molar-refractivity contribution in [2.24, 2.45) is 0 Å². The molecule has 6 nitrogen and oxygen atoms in total. The summed E-state index contributed by atoms with van der Waals surface area (Å²) in [5.74, 6) is -0.545. The molecule has 0 spiro atoms. The van der Waals surface area contributed by atoms with Crippen LogP contribution < -0.4 is 5.32 Å². The number of benzene rings is 2. The molecule has 1 aromatic heterocycles. The summed E-state index contributed by atoms with van der Waals surface area (Å²) in [6, 6.07) is 13.5. The molecule has 2 aromatic carbocycles. The highest BCUT2D eigenvalue weighted by Crippen LogP contribution is 2.24. The molecule has 0 saturated carbocycles. The molecule has 0 radical (unpaired) electrons. The number of carbonyl (C=O) groups excluding carboxylic acids is 1. The molecule has 0 fully saturated rings. The van der Waals surface area contributed by atoms with Crippen LogP contribution in [0, 0.1) is 12.7 Å². The van der Waals surface area contributed by atoms with E-state index in [0.717, 1.165) is 11.3 Å². The van der Waals surface area contributed by atoms with Crippen molar-refractivity contribution in [1.82, 2.24) is 20.2 Å². The zero-order valence-corrected chi connectivity index (χ0v) is 14.5. The van der Waals surface area contributed by atoms with E-state index in [1.165, 1.54) is 28.6 Å². The van der Waals surface area contributed by atoms with Gasteiger partial charge in [-0.3, -0.25) is 4.79 Å². The Hall–Kier alpha value is -2.74. The molecule has 0 unspecified atom stereocenters. The zero-order chi connectivity index (χ0) is 17.8. The van der Waals surface area contributed by atoms with Crippen LogP contribution >= 0.6 is 11.8 Å². The Morgan fingerprint density at radius 2 is 2.00 bits per heavy atom. The molecule has 1 amide bonds. The van der Waals surface area contributed by atoms with Crippen molar-refractivity contribution in [3.05, 3.63) is 59.9 Å². The van der Waals surface area contributed by atoms with Gasteiger partial charge in [-0.15, -0.1) is 5.10 Å². The molecule has 128 valence electrons. The van der Waals surface area contributed by atoms with Crippen LogP contribution in [0.2, 0.25) is 0 Å². The SMILES string of the molecule is Cc1ccc(NC(=O)[C@@H](C)Sc2nnnn2-c2cccc(F)c2)cc1. The summed E-state index contributed by atoms with van der Waals surface area (Å²) in [7, 11) is 0. The number of amides is 1. The first-order valence-electron chi connectivity index (χ1n) is 7.61. The minimum absolute atomic E-state index is 0.164. The van der Waals surface area contributed by atoms with E-state index in [4.69, 9.17) is 0 Å². The van der Waals surface area contributed by atoms with E-state index in [1.54, 1.807) is 19.1 Å². The molecule has 0 aliphatic rings. The predicted octanol–water partition coefficient (Wildman–Crippen LogP) is 3.23. The largest absolute Gasteiger partial charge is 0.325 e. The number of halogens is 1. The lowest BCUT2D eigenvalue weighted by Crippen LogP contribution is -2.22. The number of aryl methyl sites for hydroxylation is 1. The van der Waals surface area contributed by atoms with E-state index in [9.17, 15) is 9.18 Å². The highest BCUT2D eigenvalue weighted by Gasteiger charge is 2.19. The quantitative estimate of drug-likeness (QED) is 0.710. The molecular formula is C17H16FN5OS. The summed E-state index contributed by atoms with van der Waals surface area (Å²) in [5, 5.41) is 14.3. The molecule has 3 aromatic rings. The molecule has 0 aliphatic heterocycles. The van der Waals surface area contributed by atoms with E-state index in [-0.39, 0.29) is 11.7 Å². The number of hydrogen-bond acceptors (Lipinski definition) is 5. The van der Waals surface area contributed by atoms with Crippen molar-refractivity contribution in [2.75, 3.05) is 5.32 Å². The Bertz CT molecular complexity index is 881. The van der Waals surface area contributed by atoms with Gasteiger partial charge in [0.1, 0.15) is 5.82 Å². The number of tetrazole rings is 1. The maximum absolute atomic E-state index is 13.4. The number of hydrogen-bond donors (Lipinski definition) is 1. The number of aromatic nitrogens is 4. The van der Waals surface area contributed by atoms with Crippen LogP contribution in [0.4, 0.5) is 10.1 Å². The number of anilines is 1. The van der Waals surface area contributed by atoms with Crippen LogP contribution in [0.5, 0.6) is 0 Å². The van der Waals surface area contributed by atoms with Gasteiger partial charge in [0.25, 0.3) is 0 Å². The number of nitrogens with one attached hydrogen (secondary N) is 1. The first-order chi connectivity index (χ1) is 12.0. The molecule has 3 rings (SSSR count). The molecule has 1 heterocycles. The van der Waals surface area contributed by atoms with E-state index < -0.39 is 5.25 Å². The fourth-order valence-corrected chi connectivity index (χ4v) is 2.92. The Morgan fingerprint density at radius 1 is 1.24 bits per heavy atom. The monoisotopic (exact) mass is 357 g/mol. The van der Waals surface area contributed by atoms with E-state index in [1.807, 2.05) is 31.2 Å². The van der Waals surface area contributed by atoms with Crippen molar-refractivity contribution >= 4 is 23.4 Å². The van der Waals surface area contributed by atoms with Gasteiger partial charge < -0.3 is 5.32 Å². The van der Waals surface area contributed by atoms with Gasteiger partial charge in [0.2, 0.25) is 11.1 Å². The average molecular weight is 357 g/mol. The minimum atomic E-state index is -0.431. The smallest absolute Gasteiger partial charge is 0.237 e. The lowest BCUT2D eigenvalue weighted by molar-refractivity contribution is -0.115. The third kappa shape index (κ3) is 4.21. The first-order valence-corrected chi connectivity index (χ1v) is 8.49. The van der Waals surface area contributed by atoms with Crippen molar-refractivity contribution in [3.8, 4) is 5.69 Å². The summed E-state index contributed by atoms with van der Waals surface area (Å²) >= 11 is 1.20. The highest BCUT2D eigenvalue weighted by molar-refractivity contribution is 8.00. The summed E-state index contributed by atoms with van der Waals surface area (Å²) in [6.45, 7) is 3.75. The van der Waals surface area contributed by atoms with Crippen molar-refractivity contribution in [1.29, 1.82) is 0 Å². The van der Waals surface area contributed by atoms with Crippen LogP contribution in [-0.2, 0) is 4.79 Å². The second-order valence-electron chi connectivity index (χ2n) is 5.47. The Kier molecular flexibility index (Phi) is 5.08. The molecule has 1 N–H and O–H groups in total. The van der Waals surface area contributed by atoms with Gasteiger partial charge in [-0.05, 0) is 54.6 Å². The molecule has 0 saturated heterocycles. The summed E-state index contributed by atoms with van der Waals surface area (Å²) in [4.78, 5) is 12.4. The first kappa shape index (κ1) is 17.1. The standard InChI is InChI=1S/C17H16FN5OS/c1-11-6-8-14(9-7-11)19-16(24)12(2)25-17-20-21-22-23(17)15-5-3-4-13(18)10-15/h3-10,12H,1-2H3,(H,19,24)/t12-/m1/s1. The fourth-order valence-electron chi connectivity index (χ4n) is 2.11. The van der Waals surface area contributed by atoms with Crippen LogP contribution in [-0.4, -0.2) is 31.4 Å². The highest BCUT2D eigenvalue weighted by atomic mass is 32.2. The summed E-state index contributed by atoms with van der Waals surface area (Å²) in [5.41, 5.74) is 2.35. The van der Waals surface area contributed by atoms with Crippen LogP contribution in [0.25, 0.3) is 5.69 Å². The van der Waals surface area contributed by atoms with Gasteiger partial charge >= 0.3 is 0 Å². The lowest BCUT2D eigenvalue weighted by Gasteiger charge is -2.12. The molecular weight excluding hydrogens is 341 g/mol. The normalized spacial score (nSPS) is 12.0. The van der Waals surface area contributed by atoms with E-state index >= 15 is 0 Å². The zero-order valence-electron chi connectivity index (χ0n) is 13.7. The number of thioether (sulfide) groups is 1. The van der Waals surface area contributed by atoms with Crippen molar-refractivity contribution < 1.29 is 9.18 Å². The Morgan fingerprint density at radius 3 is 2.72 bits per heavy atom. The topological polar surface area (TPSA) is 72.7 Å². The maximum Gasteiger partial charge on any atom is 0.237 e. The fraction of sp³-hybridized carbons (Fsp3) is 0.176. The second-order valence-corrected chi connectivity index (χ2v) is 6.78. The second kappa shape index (κ2) is 7.43. The third-order valence-electron chi connectivity index (χ3n) is 3.46. The lowest BCUT2D eigenvalue weighted by atomic mass is 10.2. The third-order valence-corrected chi connectivity index (χ3v) is 4.50. The number of rotatable bonds is 5. The molecule has 1 atom stereocenters. The van der Waals surface area contributed by atoms with Crippen LogP contribution in [0.3, 0.4) is 0 Å². The number of nitrogens with zero attached hydrogens (tertiary/aromatic N) is 4. The number of carbonyl (C=O) groups is 1. The van der Waals surface area contributed by atoms with Crippen molar-refractivity contribution in [3.63, 3.8) is 0 Å². The summed E-state index contributed by atoms with van der Waals surface area (Å²) < 4.78 is 14.8. The van der Waals surface area contributed by atoms with Gasteiger partial charge in [-0.25, -0.2) is 4.39 Å². The van der Waals surface area contributed by atoms with Gasteiger partial charge in [0.05, 0.1) is 10.9 Å². The van der Waals surface area contributed by atoms with Gasteiger partial charge in [-0.1, -0.05) is 35.5 Å². The Labute approximate surface area is 148 Å². The van der Waals surface area contributed by atoms with Crippen LogP contribution in [0.1, 0.15) is 12.5 Å². The van der Waals surface area contributed by atoms with Gasteiger partial charge in [0.15, 0.2) is 0 Å². The molecule has 0 aliphatic carbocycles. The average Bonchev–Trinajstić information content (AvgIpc) is 3.05. The van der Waals surface area contributed by atoms with E-state index in [0.29, 0.717) is 10.8 Å². The molecule has 8 heteroatoms. The van der Waals surface area contributed by atoms with Crippen molar-refractivity contribution in [2.45, 2.75) is 24.3 Å². The van der Waals surface area contributed by atoms with Crippen LogP contribution in [0.15, 0.2) is 53.7 Å². The molecule has 25 heavy (non-hydrogen) atoms. The summed E-state index contributed by atoms with van der Waals surface area (Å²) in [6.07, 6.45) is 0. The Balaban J connectivity index is 1.71. The predicted molar refractivity (Wildman–Crippen MR) is 94.2 cm³/mol. The van der Waals surface area contributed by atoms with Gasteiger partial charge in [0, 0.05) is 5.69 Å².